The van der Waals surface area contributed by atoms with E-state index in [-0.39, 0.29) is 6.10 Å². The van der Waals surface area contributed by atoms with E-state index >= 15 is 0 Å². The molecular weight excluding hydrogens is 300 g/mol. The number of aliphatic hydroxyl groups is 1. The molecule has 0 atom stereocenters. The van der Waals surface area contributed by atoms with Crippen LogP contribution in [0.1, 0.15) is 25.7 Å². The van der Waals surface area contributed by atoms with Gasteiger partial charge in [-0.25, -0.2) is 9.97 Å². The smallest absolute Gasteiger partial charge is 0.223 e. The van der Waals surface area contributed by atoms with E-state index in [4.69, 9.17) is 4.98 Å². The third-order valence-corrected chi connectivity index (χ3v) is 4.86. The van der Waals surface area contributed by atoms with E-state index in [2.05, 4.69) is 52.4 Å². The largest absolute Gasteiger partial charge is 0.393 e. The Hall–Kier alpha value is -2.40. The van der Waals surface area contributed by atoms with Crippen LogP contribution in [0.15, 0.2) is 42.7 Å². The second-order valence-corrected chi connectivity index (χ2v) is 6.59. The number of fused-ring (bicyclic) bond motifs is 1. The predicted octanol–water partition coefficient (Wildman–Crippen LogP) is 3.35. The van der Waals surface area contributed by atoms with Crippen LogP contribution >= 0.6 is 0 Å². The summed E-state index contributed by atoms with van der Waals surface area (Å²) < 4.78 is 2.13. The molecular formula is C19H22N4O. The number of hydrogen-bond acceptors (Lipinski definition) is 4. The van der Waals surface area contributed by atoms with Crippen LogP contribution in [0.4, 0.5) is 5.95 Å². The topological polar surface area (TPSA) is 63.0 Å². The summed E-state index contributed by atoms with van der Waals surface area (Å²) in [7, 11) is 2.06. The summed E-state index contributed by atoms with van der Waals surface area (Å²) in [6.45, 7) is 0. The summed E-state index contributed by atoms with van der Waals surface area (Å²) >= 11 is 0. The molecule has 5 nitrogen and oxygen atoms in total. The van der Waals surface area contributed by atoms with Crippen molar-refractivity contribution in [3.63, 3.8) is 0 Å². The van der Waals surface area contributed by atoms with Crippen molar-refractivity contribution in [1.82, 2.24) is 14.5 Å². The summed E-state index contributed by atoms with van der Waals surface area (Å²) in [5, 5.41) is 14.3. The van der Waals surface area contributed by atoms with E-state index in [1.165, 1.54) is 10.9 Å². The van der Waals surface area contributed by atoms with Crippen LogP contribution in [0.5, 0.6) is 0 Å². The first-order valence-corrected chi connectivity index (χ1v) is 8.53. The standard InChI is InChI=1S/C19H22N4O/c1-23-12-16(15-4-2-3-5-18(15)23)17-10-11-20-19(22-17)21-13-6-8-14(24)9-7-13/h2-5,10-14,24H,6-9H2,1H3,(H,20,21,22). The van der Waals surface area contributed by atoms with E-state index in [1.807, 2.05) is 12.3 Å². The van der Waals surface area contributed by atoms with E-state index in [0.717, 1.165) is 36.9 Å². The zero-order valence-corrected chi connectivity index (χ0v) is 13.8. The van der Waals surface area contributed by atoms with E-state index < -0.39 is 0 Å². The number of benzene rings is 1. The quantitative estimate of drug-likeness (QED) is 0.776. The van der Waals surface area contributed by atoms with Gasteiger partial charge in [0.15, 0.2) is 0 Å². The minimum Gasteiger partial charge on any atom is -0.393 e. The molecule has 1 fully saturated rings. The molecule has 0 radical (unpaired) electrons. The maximum atomic E-state index is 9.63. The van der Waals surface area contributed by atoms with Gasteiger partial charge in [-0.05, 0) is 37.8 Å². The monoisotopic (exact) mass is 322 g/mol. The Morgan fingerprint density at radius 2 is 1.92 bits per heavy atom. The molecule has 5 heteroatoms. The van der Waals surface area contributed by atoms with Gasteiger partial charge in [0, 0.05) is 41.9 Å². The van der Waals surface area contributed by atoms with Crippen molar-refractivity contribution < 1.29 is 5.11 Å². The zero-order valence-electron chi connectivity index (χ0n) is 13.8. The Labute approximate surface area is 141 Å². The highest BCUT2D eigenvalue weighted by molar-refractivity contribution is 5.95. The molecule has 0 spiro atoms. The maximum absolute atomic E-state index is 9.63. The van der Waals surface area contributed by atoms with Gasteiger partial charge in [0.25, 0.3) is 0 Å². The SMILES string of the molecule is Cn1cc(-c2ccnc(NC3CCC(O)CC3)n2)c2ccccc21. The van der Waals surface area contributed by atoms with Gasteiger partial charge in [0.2, 0.25) is 5.95 Å². The van der Waals surface area contributed by atoms with Crippen molar-refractivity contribution >= 4 is 16.9 Å². The molecule has 2 N–H and O–H groups in total. The van der Waals surface area contributed by atoms with Crippen LogP contribution < -0.4 is 5.32 Å². The van der Waals surface area contributed by atoms with Crippen LogP contribution in [0.3, 0.4) is 0 Å². The first-order valence-electron chi connectivity index (χ1n) is 8.53. The summed E-state index contributed by atoms with van der Waals surface area (Å²) in [5.41, 5.74) is 3.25. The minimum atomic E-state index is -0.147. The van der Waals surface area contributed by atoms with Gasteiger partial charge in [-0.3, -0.25) is 0 Å². The van der Waals surface area contributed by atoms with Crippen molar-refractivity contribution in [2.24, 2.45) is 7.05 Å². The normalized spacial score (nSPS) is 21.1. The molecule has 1 saturated carbocycles. The lowest BCUT2D eigenvalue weighted by molar-refractivity contribution is 0.126. The molecule has 0 saturated heterocycles. The summed E-state index contributed by atoms with van der Waals surface area (Å²) in [6, 6.07) is 10.7. The van der Waals surface area contributed by atoms with Gasteiger partial charge in [-0.1, -0.05) is 18.2 Å². The van der Waals surface area contributed by atoms with Crippen LogP contribution in [0.2, 0.25) is 0 Å². The first kappa shape index (κ1) is 15.1. The van der Waals surface area contributed by atoms with Gasteiger partial charge in [-0.2, -0.15) is 0 Å². The molecule has 1 aliphatic rings. The number of nitrogens with zero attached hydrogens (tertiary/aromatic N) is 3. The van der Waals surface area contributed by atoms with Crippen molar-refractivity contribution in [2.45, 2.75) is 37.8 Å². The van der Waals surface area contributed by atoms with Crippen LogP contribution in [-0.2, 0) is 7.05 Å². The molecule has 24 heavy (non-hydrogen) atoms. The Balaban J connectivity index is 1.62. The number of aliphatic hydroxyl groups excluding tert-OH is 1. The fourth-order valence-electron chi connectivity index (χ4n) is 3.53. The number of rotatable bonds is 3. The van der Waals surface area contributed by atoms with E-state index in [1.54, 1.807) is 0 Å². The maximum Gasteiger partial charge on any atom is 0.223 e. The fraction of sp³-hybridized carbons (Fsp3) is 0.368. The summed E-state index contributed by atoms with van der Waals surface area (Å²) in [4.78, 5) is 9.09. The highest BCUT2D eigenvalue weighted by Gasteiger charge is 2.20. The Morgan fingerprint density at radius 1 is 1.12 bits per heavy atom. The number of para-hydroxylation sites is 1. The third-order valence-electron chi connectivity index (χ3n) is 4.86. The number of hydrogen-bond donors (Lipinski definition) is 2. The second-order valence-electron chi connectivity index (χ2n) is 6.59. The molecule has 0 bridgehead atoms. The van der Waals surface area contributed by atoms with E-state index in [9.17, 15) is 5.11 Å². The zero-order chi connectivity index (χ0) is 16.5. The van der Waals surface area contributed by atoms with Crippen molar-refractivity contribution in [3.8, 4) is 11.3 Å². The lowest BCUT2D eigenvalue weighted by Crippen LogP contribution is -2.28. The van der Waals surface area contributed by atoms with Gasteiger partial charge in [-0.15, -0.1) is 0 Å². The van der Waals surface area contributed by atoms with Gasteiger partial charge in [0.05, 0.1) is 11.8 Å². The third kappa shape index (κ3) is 2.87. The fourth-order valence-corrected chi connectivity index (χ4v) is 3.53. The van der Waals surface area contributed by atoms with Crippen LogP contribution in [0, 0.1) is 0 Å². The predicted molar refractivity (Wildman–Crippen MR) is 95.8 cm³/mol. The highest BCUT2D eigenvalue weighted by atomic mass is 16.3. The van der Waals surface area contributed by atoms with Crippen LogP contribution in [-0.4, -0.2) is 31.8 Å². The van der Waals surface area contributed by atoms with Crippen LogP contribution in [0.25, 0.3) is 22.2 Å². The van der Waals surface area contributed by atoms with Crippen molar-refractivity contribution in [1.29, 1.82) is 0 Å². The highest BCUT2D eigenvalue weighted by Crippen LogP contribution is 2.29. The molecule has 2 heterocycles. The molecule has 1 aliphatic carbocycles. The summed E-state index contributed by atoms with van der Waals surface area (Å²) in [6.07, 6.45) is 7.40. The number of aryl methyl sites for hydroxylation is 1. The average molecular weight is 322 g/mol. The first-order chi connectivity index (χ1) is 11.7. The molecule has 0 unspecified atom stereocenters. The molecule has 0 amide bonds. The molecule has 3 aromatic rings. The molecule has 124 valence electrons. The van der Waals surface area contributed by atoms with Crippen molar-refractivity contribution in [2.75, 3.05) is 5.32 Å². The Bertz CT molecular complexity index is 849. The lowest BCUT2D eigenvalue weighted by Gasteiger charge is -2.26. The average Bonchev–Trinajstić information content (AvgIpc) is 2.95. The summed E-state index contributed by atoms with van der Waals surface area (Å²) in [5.74, 6) is 0.668. The molecule has 0 aliphatic heterocycles. The number of aromatic nitrogens is 3. The minimum absolute atomic E-state index is 0.147. The second kappa shape index (κ2) is 6.24. The number of nitrogens with one attached hydrogen (secondary N) is 1. The van der Waals surface area contributed by atoms with Gasteiger partial charge < -0.3 is 15.0 Å². The Morgan fingerprint density at radius 3 is 2.75 bits per heavy atom. The van der Waals surface area contributed by atoms with Crippen molar-refractivity contribution in [3.05, 3.63) is 42.7 Å². The van der Waals surface area contributed by atoms with Gasteiger partial charge >= 0.3 is 0 Å². The number of anilines is 1. The Kier molecular flexibility index (Phi) is 3.94. The van der Waals surface area contributed by atoms with E-state index in [0.29, 0.717) is 12.0 Å². The molecule has 4 rings (SSSR count). The van der Waals surface area contributed by atoms with Gasteiger partial charge in [0.1, 0.15) is 0 Å². The lowest BCUT2D eigenvalue weighted by atomic mass is 9.93. The molecule has 2 aromatic heterocycles. The molecule has 1 aromatic carbocycles.